The summed E-state index contributed by atoms with van der Waals surface area (Å²) in [5.41, 5.74) is 2.19. The number of carbonyl (C=O) groups is 1. The number of benzene rings is 2. The fraction of sp³-hybridized carbons (Fsp3) is 0. The molecule has 3 heteroatoms. The molecular weight excluding hydrogens is 228 g/mol. The van der Waals surface area contributed by atoms with Crippen LogP contribution in [0.4, 0.5) is 0 Å². The van der Waals surface area contributed by atoms with Gasteiger partial charge in [-0.25, -0.2) is 4.79 Å². The van der Waals surface area contributed by atoms with Crippen LogP contribution in [0.5, 0.6) is 5.75 Å². The van der Waals surface area contributed by atoms with Crippen LogP contribution in [0.15, 0.2) is 60.7 Å². The number of aliphatic carboxylic acids is 1. The van der Waals surface area contributed by atoms with Crippen LogP contribution in [0, 0.1) is 0 Å². The van der Waals surface area contributed by atoms with Crippen molar-refractivity contribution in [1.82, 2.24) is 0 Å². The lowest BCUT2D eigenvalue weighted by molar-refractivity contribution is -0.131. The SMILES string of the molecule is O=C(O)/C=C(/c1ccccc1)c1ccc(O)cc1. The molecular formula is C15H12O3. The topological polar surface area (TPSA) is 57.5 Å². The van der Waals surface area contributed by atoms with Crippen molar-refractivity contribution >= 4 is 11.5 Å². The molecule has 0 spiro atoms. The van der Waals surface area contributed by atoms with E-state index < -0.39 is 5.97 Å². The van der Waals surface area contributed by atoms with E-state index in [1.807, 2.05) is 30.3 Å². The van der Waals surface area contributed by atoms with Gasteiger partial charge in [0.15, 0.2) is 0 Å². The van der Waals surface area contributed by atoms with Crippen LogP contribution in [-0.2, 0) is 4.79 Å². The maximum atomic E-state index is 10.9. The molecule has 0 atom stereocenters. The Hall–Kier alpha value is -2.55. The Morgan fingerprint density at radius 1 is 0.889 bits per heavy atom. The quantitative estimate of drug-likeness (QED) is 0.811. The molecule has 0 bridgehead atoms. The minimum atomic E-state index is -0.998. The summed E-state index contributed by atoms with van der Waals surface area (Å²) in [6.45, 7) is 0. The van der Waals surface area contributed by atoms with Gasteiger partial charge in [-0.2, -0.15) is 0 Å². The molecule has 2 aromatic rings. The molecule has 0 aliphatic carbocycles. The van der Waals surface area contributed by atoms with E-state index in [9.17, 15) is 9.90 Å². The molecule has 0 aliphatic heterocycles. The highest BCUT2D eigenvalue weighted by molar-refractivity contribution is 5.95. The molecule has 0 saturated heterocycles. The fourth-order valence-corrected chi connectivity index (χ4v) is 1.72. The summed E-state index contributed by atoms with van der Waals surface area (Å²) in [6.07, 6.45) is 1.17. The molecule has 0 radical (unpaired) electrons. The molecule has 0 heterocycles. The van der Waals surface area contributed by atoms with Gasteiger partial charge in [0.2, 0.25) is 0 Å². The lowest BCUT2D eigenvalue weighted by atomic mass is 9.97. The monoisotopic (exact) mass is 240 g/mol. The van der Waals surface area contributed by atoms with Crippen LogP contribution in [0.2, 0.25) is 0 Å². The van der Waals surface area contributed by atoms with Crippen LogP contribution in [0.1, 0.15) is 11.1 Å². The maximum Gasteiger partial charge on any atom is 0.328 e. The smallest absolute Gasteiger partial charge is 0.328 e. The number of phenols is 1. The molecule has 2 rings (SSSR count). The van der Waals surface area contributed by atoms with Crippen molar-refractivity contribution in [3.63, 3.8) is 0 Å². The second-order valence-corrected chi connectivity index (χ2v) is 3.81. The zero-order valence-electron chi connectivity index (χ0n) is 9.58. The van der Waals surface area contributed by atoms with Gasteiger partial charge in [0.1, 0.15) is 5.75 Å². The minimum absolute atomic E-state index is 0.154. The van der Waals surface area contributed by atoms with Crippen LogP contribution in [0.25, 0.3) is 5.57 Å². The number of hydrogen-bond acceptors (Lipinski definition) is 2. The van der Waals surface area contributed by atoms with E-state index in [0.29, 0.717) is 5.57 Å². The first-order valence-corrected chi connectivity index (χ1v) is 5.46. The molecule has 2 N–H and O–H groups in total. The highest BCUT2D eigenvalue weighted by atomic mass is 16.4. The molecule has 0 fully saturated rings. The van der Waals surface area contributed by atoms with Gasteiger partial charge in [0, 0.05) is 6.08 Å². The average Bonchev–Trinajstić information content (AvgIpc) is 2.38. The van der Waals surface area contributed by atoms with Crippen LogP contribution >= 0.6 is 0 Å². The highest BCUT2D eigenvalue weighted by Crippen LogP contribution is 2.24. The third-order valence-electron chi connectivity index (χ3n) is 2.53. The second kappa shape index (κ2) is 5.19. The van der Waals surface area contributed by atoms with Crippen molar-refractivity contribution in [2.75, 3.05) is 0 Å². The average molecular weight is 240 g/mol. The van der Waals surface area contributed by atoms with E-state index >= 15 is 0 Å². The van der Waals surface area contributed by atoms with E-state index in [0.717, 1.165) is 11.1 Å². The van der Waals surface area contributed by atoms with Crippen molar-refractivity contribution in [1.29, 1.82) is 0 Å². The number of carboxylic acids is 1. The summed E-state index contributed by atoms with van der Waals surface area (Å²) < 4.78 is 0. The van der Waals surface area contributed by atoms with Gasteiger partial charge in [-0.05, 0) is 28.8 Å². The van der Waals surface area contributed by atoms with Gasteiger partial charge >= 0.3 is 5.97 Å². The van der Waals surface area contributed by atoms with Gasteiger partial charge in [0.05, 0.1) is 0 Å². The van der Waals surface area contributed by atoms with Crippen LogP contribution in [-0.4, -0.2) is 16.2 Å². The van der Waals surface area contributed by atoms with Crippen molar-refractivity contribution in [3.05, 3.63) is 71.8 Å². The molecule has 18 heavy (non-hydrogen) atoms. The Balaban J connectivity index is 2.51. The van der Waals surface area contributed by atoms with Gasteiger partial charge in [-0.1, -0.05) is 42.5 Å². The van der Waals surface area contributed by atoms with Crippen molar-refractivity contribution in [2.45, 2.75) is 0 Å². The summed E-state index contributed by atoms with van der Waals surface area (Å²) in [6, 6.07) is 15.7. The summed E-state index contributed by atoms with van der Waals surface area (Å²) >= 11 is 0. The van der Waals surface area contributed by atoms with E-state index in [-0.39, 0.29) is 5.75 Å². The molecule has 3 nitrogen and oxygen atoms in total. The Morgan fingerprint density at radius 3 is 2.00 bits per heavy atom. The predicted octanol–water partition coefficient (Wildman–Crippen LogP) is 2.91. The molecule has 0 aliphatic rings. The lowest BCUT2D eigenvalue weighted by Gasteiger charge is -2.07. The molecule has 0 aromatic heterocycles. The summed E-state index contributed by atoms with van der Waals surface area (Å²) in [5, 5.41) is 18.2. The molecule has 0 saturated carbocycles. The fourth-order valence-electron chi connectivity index (χ4n) is 1.72. The second-order valence-electron chi connectivity index (χ2n) is 3.81. The number of phenolic OH excluding ortho intramolecular Hbond substituents is 1. The lowest BCUT2D eigenvalue weighted by Crippen LogP contribution is -1.94. The summed E-state index contributed by atoms with van der Waals surface area (Å²) in [5.74, 6) is -0.844. The normalized spacial score (nSPS) is 11.2. The zero-order chi connectivity index (χ0) is 13.0. The number of carboxylic acid groups (broad SMARTS) is 1. The van der Waals surface area contributed by atoms with Gasteiger partial charge in [0.25, 0.3) is 0 Å². The van der Waals surface area contributed by atoms with Crippen LogP contribution in [0.3, 0.4) is 0 Å². The van der Waals surface area contributed by atoms with Crippen molar-refractivity contribution < 1.29 is 15.0 Å². The maximum absolute atomic E-state index is 10.9. The predicted molar refractivity (Wildman–Crippen MR) is 69.3 cm³/mol. The first-order valence-electron chi connectivity index (χ1n) is 5.46. The Kier molecular flexibility index (Phi) is 3.44. The van der Waals surface area contributed by atoms with E-state index in [1.54, 1.807) is 12.1 Å². The van der Waals surface area contributed by atoms with Crippen molar-refractivity contribution in [3.8, 4) is 5.75 Å². The van der Waals surface area contributed by atoms with Gasteiger partial charge in [-0.15, -0.1) is 0 Å². The van der Waals surface area contributed by atoms with Gasteiger partial charge < -0.3 is 10.2 Å². The first-order chi connectivity index (χ1) is 8.66. The van der Waals surface area contributed by atoms with Crippen molar-refractivity contribution in [2.24, 2.45) is 0 Å². The number of aromatic hydroxyl groups is 1. The van der Waals surface area contributed by atoms with E-state index in [2.05, 4.69) is 0 Å². The summed E-state index contributed by atoms with van der Waals surface area (Å²) in [7, 11) is 0. The Labute approximate surface area is 105 Å². The minimum Gasteiger partial charge on any atom is -0.508 e. The van der Waals surface area contributed by atoms with Crippen LogP contribution < -0.4 is 0 Å². The summed E-state index contributed by atoms with van der Waals surface area (Å²) in [4.78, 5) is 10.9. The first kappa shape index (κ1) is 11.9. The zero-order valence-corrected chi connectivity index (χ0v) is 9.58. The largest absolute Gasteiger partial charge is 0.508 e. The third-order valence-corrected chi connectivity index (χ3v) is 2.53. The third kappa shape index (κ3) is 2.77. The van der Waals surface area contributed by atoms with E-state index in [1.165, 1.54) is 18.2 Å². The van der Waals surface area contributed by atoms with Gasteiger partial charge in [-0.3, -0.25) is 0 Å². The Bertz CT molecular complexity index is 568. The molecule has 90 valence electrons. The molecule has 0 amide bonds. The number of hydrogen-bond donors (Lipinski definition) is 2. The Morgan fingerprint density at radius 2 is 1.44 bits per heavy atom. The molecule has 2 aromatic carbocycles. The number of rotatable bonds is 3. The van der Waals surface area contributed by atoms with E-state index in [4.69, 9.17) is 5.11 Å². The molecule has 0 unspecified atom stereocenters. The standard InChI is InChI=1S/C15H12O3/c16-13-8-6-12(7-9-13)14(10-15(17)18)11-4-2-1-3-5-11/h1-10,16H,(H,17,18)/b14-10-. The highest BCUT2D eigenvalue weighted by Gasteiger charge is 2.06.